The van der Waals surface area contributed by atoms with Gasteiger partial charge in [0, 0.05) is 12.0 Å². The molecule has 0 aliphatic carbocycles. The van der Waals surface area contributed by atoms with E-state index in [4.69, 9.17) is 4.42 Å². The van der Waals surface area contributed by atoms with Crippen molar-refractivity contribution in [3.63, 3.8) is 0 Å². The molecule has 1 heterocycles. The van der Waals surface area contributed by atoms with Gasteiger partial charge in [0.15, 0.2) is 0 Å². The first-order valence-electron chi connectivity index (χ1n) is 7.76. The fraction of sp³-hybridized carbons (Fsp3) is 0.389. The Balaban J connectivity index is 1.85. The molecule has 3 N–H and O–H groups in total. The molecule has 0 saturated carbocycles. The molecule has 3 atom stereocenters. The van der Waals surface area contributed by atoms with Gasteiger partial charge in [-0.15, -0.1) is 0 Å². The van der Waals surface area contributed by atoms with Gasteiger partial charge >= 0.3 is 6.03 Å². The number of aliphatic hydroxyl groups is 1. The van der Waals surface area contributed by atoms with Crippen LogP contribution in [-0.2, 0) is 5.60 Å². The van der Waals surface area contributed by atoms with Crippen LogP contribution >= 0.6 is 0 Å². The topological polar surface area (TPSA) is 74.5 Å². The normalized spacial score (nSPS) is 16.2. The third kappa shape index (κ3) is 4.60. The first-order chi connectivity index (χ1) is 10.9. The monoisotopic (exact) mass is 316 g/mol. The number of rotatable bonds is 6. The average molecular weight is 316 g/mol. The Morgan fingerprint density at radius 3 is 2.52 bits per heavy atom. The van der Waals surface area contributed by atoms with Crippen molar-refractivity contribution in [1.82, 2.24) is 10.6 Å². The molecule has 0 fully saturated rings. The van der Waals surface area contributed by atoms with Crippen molar-refractivity contribution < 1.29 is 14.3 Å². The molecule has 0 radical (unpaired) electrons. The van der Waals surface area contributed by atoms with Crippen LogP contribution in [0.4, 0.5) is 4.79 Å². The predicted molar refractivity (Wildman–Crippen MR) is 89.1 cm³/mol. The van der Waals surface area contributed by atoms with Crippen molar-refractivity contribution in [2.75, 3.05) is 6.54 Å². The minimum absolute atomic E-state index is 0.0361. The van der Waals surface area contributed by atoms with Crippen molar-refractivity contribution in [1.29, 1.82) is 0 Å². The van der Waals surface area contributed by atoms with Crippen LogP contribution < -0.4 is 10.6 Å². The fourth-order valence-corrected chi connectivity index (χ4v) is 2.35. The van der Waals surface area contributed by atoms with Crippen LogP contribution in [0.3, 0.4) is 0 Å². The summed E-state index contributed by atoms with van der Waals surface area (Å²) in [7, 11) is 0. The van der Waals surface area contributed by atoms with Crippen molar-refractivity contribution in [2.45, 2.75) is 38.3 Å². The van der Waals surface area contributed by atoms with Gasteiger partial charge in [-0.25, -0.2) is 4.79 Å². The number of hydrogen-bond donors (Lipinski definition) is 3. The van der Waals surface area contributed by atoms with Crippen LogP contribution in [0.25, 0.3) is 0 Å². The van der Waals surface area contributed by atoms with Gasteiger partial charge in [-0.1, -0.05) is 37.3 Å². The first kappa shape index (κ1) is 17.1. The number of amides is 2. The second-order valence-corrected chi connectivity index (χ2v) is 6.07. The van der Waals surface area contributed by atoms with Gasteiger partial charge in [-0.3, -0.25) is 0 Å². The highest BCUT2D eigenvalue weighted by Gasteiger charge is 2.27. The Hall–Kier alpha value is -2.27. The van der Waals surface area contributed by atoms with Crippen LogP contribution in [0.1, 0.15) is 38.0 Å². The maximum atomic E-state index is 12.0. The Bertz CT molecular complexity index is 608. The first-order valence-corrected chi connectivity index (χ1v) is 7.76. The second kappa shape index (κ2) is 7.33. The van der Waals surface area contributed by atoms with Crippen LogP contribution in [-0.4, -0.2) is 23.7 Å². The minimum atomic E-state index is -1.24. The van der Waals surface area contributed by atoms with Crippen molar-refractivity contribution in [3.05, 3.63) is 60.1 Å². The molecule has 5 nitrogen and oxygen atoms in total. The largest absolute Gasteiger partial charge is 0.466 e. The van der Waals surface area contributed by atoms with E-state index in [2.05, 4.69) is 17.6 Å². The molecule has 3 unspecified atom stereocenters. The molecule has 1 aromatic heterocycles. The highest BCUT2D eigenvalue weighted by atomic mass is 16.4. The molecule has 1 aromatic carbocycles. The highest BCUT2D eigenvalue weighted by Crippen LogP contribution is 2.20. The zero-order valence-corrected chi connectivity index (χ0v) is 13.7. The smallest absolute Gasteiger partial charge is 0.315 e. The average Bonchev–Trinajstić information content (AvgIpc) is 3.08. The summed E-state index contributed by atoms with van der Waals surface area (Å²) in [5, 5.41) is 15.9. The van der Waals surface area contributed by atoms with Gasteiger partial charge in [0.05, 0.1) is 12.8 Å². The summed E-state index contributed by atoms with van der Waals surface area (Å²) in [6, 6.07) is 13.1. The Morgan fingerprint density at radius 1 is 1.22 bits per heavy atom. The predicted octanol–water partition coefficient (Wildman–Crippen LogP) is 2.98. The molecule has 5 heteroatoms. The van der Waals surface area contributed by atoms with Gasteiger partial charge < -0.3 is 20.2 Å². The van der Waals surface area contributed by atoms with E-state index < -0.39 is 5.60 Å². The molecule has 2 rings (SSSR count). The van der Waals surface area contributed by atoms with Gasteiger partial charge in [0.1, 0.15) is 11.4 Å². The number of hydrogen-bond acceptors (Lipinski definition) is 3. The number of nitrogens with one attached hydrogen (secondary N) is 2. The molecule has 0 aliphatic rings. The molecular formula is C18H24N2O3. The minimum Gasteiger partial charge on any atom is -0.466 e. The highest BCUT2D eigenvalue weighted by molar-refractivity contribution is 5.74. The second-order valence-electron chi connectivity index (χ2n) is 6.07. The molecule has 23 heavy (non-hydrogen) atoms. The molecule has 0 bridgehead atoms. The maximum Gasteiger partial charge on any atom is 0.315 e. The summed E-state index contributed by atoms with van der Waals surface area (Å²) < 4.78 is 5.19. The lowest BCUT2D eigenvalue weighted by Crippen LogP contribution is -2.47. The van der Waals surface area contributed by atoms with Crippen molar-refractivity contribution >= 4 is 6.03 Å². The van der Waals surface area contributed by atoms with Crippen molar-refractivity contribution in [3.8, 4) is 0 Å². The van der Waals surface area contributed by atoms with E-state index in [0.717, 1.165) is 0 Å². The molecule has 0 saturated heterocycles. The Labute approximate surface area is 136 Å². The van der Waals surface area contributed by atoms with E-state index in [-0.39, 0.29) is 24.5 Å². The molecule has 0 aliphatic heterocycles. The summed E-state index contributed by atoms with van der Waals surface area (Å²) in [5.41, 5.74) is -0.0716. The Kier molecular flexibility index (Phi) is 5.45. The van der Waals surface area contributed by atoms with E-state index >= 15 is 0 Å². The zero-order chi connectivity index (χ0) is 16.9. The molecule has 0 spiro atoms. The fourth-order valence-electron chi connectivity index (χ4n) is 2.35. The summed E-state index contributed by atoms with van der Waals surface area (Å²) in [6.07, 6.45) is 1.49. The lowest BCUT2D eigenvalue weighted by Gasteiger charge is -2.24. The number of benzene rings is 1. The van der Waals surface area contributed by atoms with Crippen LogP contribution in [0.2, 0.25) is 0 Å². The zero-order valence-electron chi connectivity index (χ0n) is 13.7. The van der Waals surface area contributed by atoms with Gasteiger partial charge in [0.25, 0.3) is 0 Å². The van der Waals surface area contributed by atoms with Crippen LogP contribution in [0, 0.1) is 0 Å². The number of urea groups is 1. The standard InChI is InChI=1S/C18H24N2O3/c1-13(15-8-5-4-6-9-15)14(2)20-17(21)19-12-18(3,22)16-10-7-11-23-16/h4-11,13-14,22H,12H2,1-3H3,(H2,19,20,21). The molecule has 124 valence electrons. The summed E-state index contributed by atoms with van der Waals surface area (Å²) >= 11 is 0. The van der Waals surface area contributed by atoms with E-state index in [0.29, 0.717) is 5.76 Å². The summed E-state index contributed by atoms with van der Waals surface area (Å²) in [4.78, 5) is 12.0. The van der Waals surface area contributed by atoms with Gasteiger partial charge in [-0.05, 0) is 31.5 Å². The van der Waals surface area contributed by atoms with Crippen LogP contribution in [0.5, 0.6) is 0 Å². The van der Waals surface area contributed by atoms with E-state index in [1.165, 1.54) is 11.8 Å². The van der Waals surface area contributed by atoms with E-state index in [9.17, 15) is 9.90 Å². The SMILES string of the molecule is CC(NC(=O)NCC(C)(O)c1ccco1)C(C)c1ccccc1. The number of furan rings is 1. The quantitative estimate of drug-likeness (QED) is 0.767. The molecular weight excluding hydrogens is 292 g/mol. The van der Waals surface area contributed by atoms with E-state index in [1.54, 1.807) is 19.1 Å². The van der Waals surface area contributed by atoms with Gasteiger partial charge in [-0.2, -0.15) is 0 Å². The molecule has 2 aromatic rings. The van der Waals surface area contributed by atoms with Gasteiger partial charge in [0.2, 0.25) is 0 Å². The number of carbonyl (C=O) groups excluding carboxylic acids is 1. The summed E-state index contributed by atoms with van der Waals surface area (Å²) in [5.74, 6) is 0.607. The van der Waals surface area contributed by atoms with Crippen LogP contribution in [0.15, 0.2) is 53.1 Å². The van der Waals surface area contributed by atoms with E-state index in [1.807, 2.05) is 37.3 Å². The third-order valence-corrected chi connectivity index (χ3v) is 4.08. The summed E-state index contributed by atoms with van der Waals surface area (Å²) in [6.45, 7) is 5.70. The molecule has 2 amide bonds. The third-order valence-electron chi connectivity index (χ3n) is 4.08. The maximum absolute atomic E-state index is 12.0. The number of carbonyl (C=O) groups is 1. The Morgan fingerprint density at radius 2 is 1.91 bits per heavy atom. The van der Waals surface area contributed by atoms with Crippen molar-refractivity contribution in [2.24, 2.45) is 0 Å². The lowest BCUT2D eigenvalue weighted by atomic mass is 9.94. The lowest BCUT2D eigenvalue weighted by molar-refractivity contribution is 0.0366.